The van der Waals surface area contributed by atoms with Gasteiger partial charge in [0.1, 0.15) is 17.1 Å². The van der Waals surface area contributed by atoms with Gasteiger partial charge >= 0.3 is 0 Å². The number of nitrogens with one attached hydrogen (secondary N) is 1. The molecule has 0 aliphatic rings. The third-order valence-corrected chi connectivity index (χ3v) is 6.70. The standard InChI is InChI=1S/C26H20N8O3S/c1-18-23(24(19-8-3-2-4-9-19)34(32-18)25(35)22-10-5-6-15-27-22)31-30-20-11-13-21(14-12-20)38(36,37)33-26-28-16-7-17-29-26/h2-17H,1H3,(H,28,29,33). The van der Waals surface area contributed by atoms with Crippen LogP contribution in [-0.2, 0) is 10.0 Å². The fourth-order valence-electron chi connectivity index (χ4n) is 3.57. The van der Waals surface area contributed by atoms with Crippen LogP contribution in [0.4, 0.5) is 17.3 Å². The van der Waals surface area contributed by atoms with Gasteiger partial charge in [0.15, 0.2) is 0 Å². The number of pyridine rings is 1. The highest BCUT2D eigenvalue weighted by atomic mass is 32.2. The van der Waals surface area contributed by atoms with E-state index >= 15 is 0 Å². The number of rotatable bonds is 7. The highest BCUT2D eigenvalue weighted by Gasteiger charge is 2.23. The lowest BCUT2D eigenvalue weighted by Gasteiger charge is -2.07. The van der Waals surface area contributed by atoms with Gasteiger partial charge in [-0.25, -0.2) is 23.1 Å². The number of nitrogens with zero attached hydrogens (tertiary/aromatic N) is 7. The fraction of sp³-hybridized carbons (Fsp3) is 0.0385. The molecule has 0 unspecified atom stereocenters. The molecule has 2 aromatic carbocycles. The summed E-state index contributed by atoms with van der Waals surface area (Å²) in [5.41, 5.74) is 2.73. The van der Waals surface area contributed by atoms with Gasteiger partial charge in [-0.1, -0.05) is 36.4 Å². The SMILES string of the molecule is Cc1nn(C(=O)c2ccccn2)c(-c2ccccc2)c1N=Nc1ccc(S(=O)(=O)Nc2ncccn2)cc1. The van der Waals surface area contributed by atoms with Crippen LogP contribution < -0.4 is 4.72 Å². The third-order valence-electron chi connectivity index (χ3n) is 5.36. The molecule has 0 saturated carbocycles. The zero-order valence-electron chi connectivity index (χ0n) is 20.0. The van der Waals surface area contributed by atoms with Crippen molar-refractivity contribution in [1.82, 2.24) is 24.7 Å². The Morgan fingerprint density at radius 1 is 0.816 bits per heavy atom. The van der Waals surface area contributed by atoms with Crippen LogP contribution >= 0.6 is 0 Å². The minimum Gasteiger partial charge on any atom is -0.265 e. The molecule has 11 nitrogen and oxygen atoms in total. The first-order chi connectivity index (χ1) is 18.4. The number of aryl methyl sites for hydroxylation is 1. The van der Waals surface area contributed by atoms with E-state index in [-0.39, 0.29) is 16.5 Å². The number of carbonyl (C=O) groups is 1. The summed E-state index contributed by atoms with van der Waals surface area (Å²) in [6.07, 6.45) is 4.41. The van der Waals surface area contributed by atoms with Crippen molar-refractivity contribution in [2.75, 3.05) is 4.72 Å². The second-order valence-electron chi connectivity index (χ2n) is 7.95. The van der Waals surface area contributed by atoms with Crippen molar-refractivity contribution in [1.29, 1.82) is 0 Å². The quantitative estimate of drug-likeness (QED) is 0.297. The summed E-state index contributed by atoms with van der Waals surface area (Å²) >= 11 is 0. The highest BCUT2D eigenvalue weighted by Crippen LogP contribution is 2.35. The van der Waals surface area contributed by atoms with Crippen LogP contribution in [0.15, 0.2) is 113 Å². The first kappa shape index (κ1) is 24.6. The summed E-state index contributed by atoms with van der Waals surface area (Å²) in [6.45, 7) is 1.73. The summed E-state index contributed by atoms with van der Waals surface area (Å²) in [4.78, 5) is 25.1. The van der Waals surface area contributed by atoms with Crippen LogP contribution in [0.25, 0.3) is 11.3 Å². The Hall–Kier alpha value is -5.10. The molecular weight excluding hydrogens is 504 g/mol. The summed E-state index contributed by atoms with van der Waals surface area (Å²) in [5, 5.41) is 13.1. The second-order valence-corrected chi connectivity index (χ2v) is 9.63. The van der Waals surface area contributed by atoms with E-state index in [0.717, 1.165) is 5.56 Å². The van der Waals surface area contributed by atoms with E-state index in [9.17, 15) is 13.2 Å². The topological polar surface area (TPSA) is 144 Å². The van der Waals surface area contributed by atoms with Crippen LogP contribution in [0, 0.1) is 6.92 Å². The van der Waals surface area contributed by atoms with Crippen LogP contribution in [0.2, 0.25) is 0 Å². The molecule has 0 bridgehead atoms. The Balaban J connectivity index is 1.47. The zero-order valence-corrected chi connectivity index (χ0v) is 20.8. The minimum atomic E-state index is -3.88. The van der Waals surface area contributed by atoms with Crippen molar-refractivity contribution < 1.29 is 13.2 Å². The molecule has 3 aromatic heterocycles. The third kappa shape index (κ3) is 5.20. The zero-order chi connectivity index (χ0) is 26.5. The molecule has 5 aromatic rings. The lowest BCUT2D eigenvalue weighted by atomic mass is 10.1. The fourth-order valence-corrected chi connectivity index (χ4v) is 4.53. The van der Waals surface area contributed by atoms with Crippen molar-refractivity contribution in [3.63, 3.8) is 0 Å². The monoisotopic (exact) mass is 524 g/mol. The number of benzene rings is 2. The summed E-state index contributed by atoms with van der Waals surface area (Å²) in [7, 11) is -3.88. The van der Waals surface area contributed by atoms with Crippen LogP contribution in [0.3, 0.4) is 0 Å². The molecule has 0 spiro atoms. The van der Waals surface area contributed by atoms with E-state index in [1.165, 1.54) is 41.3 Å². The summed E-state index contributed by atoms with van der Waals surface area (Å²) in [5.74, 6) is -0.434. The predicted octanol–water partition coefficient (Wildman–Crippen LogP) is 4.95. The smallest absolute Gasteiger partial charge is 0.265 e. The van der Waals surface area contributed by atoms with Crippen molar-refractivity contribution in [2.45, 2.75) is 11.8 Å². The Morgan fingerprint density at radius 2 is 1.50 bits per heavy atom. The van der Waals surface area contributed by atoms with Crippen molar-refractivity contribution in [3.8, 4) is 11.3 Å². The number of hydrogen-bond acceptors (Lipinski definition) is 9. The lowest BCUT2D eigenvalue weighted by Crippen LogP contribution is -2.16. The Bertz CT molecular complexity index is 1710. The molecule has 1 N–H and O–H groups in total. The number of hydrogen-bond donors (Lipinski definition) is 1. The Morgan fingerprint density at radius 3 is 2.18 bits per heavy atom. The minimum absolute atomic E-state index is 0.0128. The van der Waals surface area contributed by atoms with Crippen LogP contribution in [-0.4, -0.2) is 39.1 Å². The number of carbonyl (C=O) groups excluding carboxylic acids is 1. The van der Waals surface area contributed by atoms with Gasteiger partial charge in [-0.2, -0.15) is 14.9 Å². The average Bonchev–Trinajstić information content (AvgIpc) is 3.28. The van der Waals surface area contributed by atoms with Gasteiger partial charge in [0.2, 0.25) is 5.95 Å². The largest absolute Gasteiger partial charge is 0.297 e. The van der Waals surface area contributed by atoms with E-state index in [1.54, 1.807) is 37.4 Å². The average molecular weight is 525 g/mol. The number of aromatic nitrogens is 5. The van der Waals surface area contributed by atoms with Gasteiger partial charge in [-0.05, 0) is 49.4 Å². The molecule has 0 saturated heterocycles. The highest BCUT2D eigenvalue weighted by molar-refractivity contribution is 7.92. The van der Waals surface area contributed by atoms with E-state index < -0.39 is 15.9 Å². The Labute approximate surface area is 218 Å². The van der Waals surface area contributed by atoms with E-state index in [4.69, 9.17) is 0 Å². The van der Waals surface area contributed by atoms with Gasteiger partial charge in [0.05, 0.1) is 16.3 Å². The molecule has 0 amide bonds. The maximum Gasteiger partial charge on any atom is 0.297 e. The number of azo groups is 1. The predicted molar refractivity (Wildman–Crippen MR) is 140 cm³/mol. The lowest BCUT2D eigenvalue weighted by molar-refractivity contribution is 0.0942. The van der Waals surface area contributed by atoms with Crippen molar-refractivity contribution in [2.24, 2.45) is 10.2 Å². The molecule has 0 atom stereocenters. The molecule has 38 heavy (non-hydrogen) atoms. The maximum absolute atomic E-state index is 13.2. The molecule has 0 fully saturated rings. The molecule has 3 heterocycles. The maximum atomic E-state index is 13.2. The van der Waals surface area contributed by atoms with Crippen molar-refractivity contribution >= 4 is 33.3 Å². The summed E-state index contributed by atoms with van der Waals surface area (Å²) in [6, 6.07) is 21.8. The molecule has 0 aliphatic heterocycles. The van der Waals surface area contributed by atoms with Crippen LogP contribution in [0.1, 0.15) is 16.2 Å². The van der Waals surface area contributed by atoms with E-state index in [0.29, 0.717) is 22.8 Å². The Kier molecular flexibility index (Phi) is 6.78. The molecule has 12 heteroatoms. The molecule has 0 aliphatic carbocycles. The van der Waals surface area contributed by atoms with Gasteiger partial charge in [0.25, 0.3) is 15.9 Å². The first-order valence-electron chi connectivity index (χ1n) is 11.3. The van der Waals surface area contributed by atoms with Gasteiger partial charge in [0, 0.05) is 24.2 Å². The van der Waals surface area contributed by atoms with Crippen LogP contribution in [0.5, 0.6) is 0 Å². The second kappa shape index (κ2) is 10.5. The molecule has 0 radical (unpaired) electrons. The molecular formula is C26H20N8O3S. The van der Waals surface area contributed by atoms with Gasteiger partial charge in [-0.15, -0.1) is 5.11 Å². The summed E-state index contributed by atoms with van der Waals surface area (Å²) < 4.78 is 28.8. The van der Waals surface area contributed by atoms with Gasteiger partial charge < -0.3 is 0 Å². The first-order valence-corrected chi connectivity index (χ1v) is 12.8. The number of anilines is 1. The number of sulfonamides is 1. The van der Waals surface area contributed by atoms with E-state index in [2.05, 4.69) is 35.0 Å². The van der Waals surface area contributed by atoms with Gasteiger partial charge in [-0.3, -0.25) is 9.78 Å². The molecule has 5 rings (SSSR count). The molecule has 188 valence electrons. The normalized spacial score (nSPS) is 11.5. The van der Waals surface area contributed by atoms with E-state index in [1.807, 2.05) is 30.3 Å². The van der Waals surface area contributed by atoms with Crippen molar-refractivity contribution in [3.05, 3.63) is 109 Å².